The van der Waals surface area contributed by atoms with E-state index in [-0.39, 0.29) is 11.8 Å². The maximum absolute atomic E-state index is 10.9. The van der Waals surface area contributed by atoms with E-state index in [0.717, 1.165) is 12.8 Å². The van der Waals surface area contributed by atoms with Gasteiger partial charge in [0.2, 0.25) is 5.91 Å². The number of thiol groups is 1. The molecule has 3 heteroatoms. The van der Waals surface area contributed by atoms with Crippen molar-refractivity contribution in [1.29, 1.82) is 0 Å². The molecule has 0 saturated heterocycles. The molecule has 2 nitrogen and oxygen atoms in total. The van der Waals surface area contributed by atoms with Crippen LogP contribution >= 0.6 is 12.8 Å². The number of amides is 1. The Morgan fingerprint density at radius 2 is 2.18 bits per heavy atom. The fraction of sp³-hybridized carbons (Fsp3) is 0.875. The third kappa shape index (κ3) is 5.13. The fourth-order valence-electron chi connectivity index (χ4n) is 0.942. The second-order valence-corrected chi connectivity index (χ2v) is 3.10. The molecule has 1 N–H and O–H groups in total. The lowest BCUT2D eigenvalue weighted by Gasteiger charge is -2.07. The van der Waals surface area contributed by atoms with Crippen LogP contribution in [0.2, 0.25) is 0 Å². The minimum atomic E-state index is 0.0319. The molecule has 1 amide bonds. The second kappa shape index (κ2) is 6.53. The lowest BCUT2D eigenvalue weighted by atomic mass is 10.0. The fourth-order valence-corrected chi connectivity index (χ4v) is 1.16. The average Bonchev–Trinajstić information content (AvgIpc) is 2.03. The molecule has 0 aliphatic carbocycles. The van der Waals surface area contributed by atoms with E-state index >= 15 is 0 Å². The molecule has 0 bridgehead atoms. The van der Waals surface area contributed by atoms with Gasteiger partial charge in [0.1, 0.15) is 0 Å². The van der Waals surface area contributed by atoms with Crippen LogP contribution in [0.5, 0.6) is 0 Å². The highest BCUT2D eigenvalue weighted by atomic mass is 32.1. The van der Waals surface area contributed by atoms with Gasteiger partial charge in [0.05, 0.1) is 0 Å². The van der Waals surface area contributed by atoms with Crippen molar-refractivity contribution in [2.24, 2.45) is 5.92 Å². The molecule has 0 aromatic rings. The first-order valence-corrected chi connectivity index (χ1v) is 4.61. The Morgan fingerprint density at radius 1 is 1.55 bits per heavy atom. The number of nitrogens with one attached hydrogen (secondary N) is 1. The highest BCUT2D eigenvalue weighted by Crippen LogP contribution is 2.08. The number of unbranched alkanes of at least 4 members (excludes halogenated alkanes) is 2. The van der Waals surface area contributed by atoms with Crippen LogP contribution in [0, 0.1) is 5.92 Å². The molecular formula is C8H17NOS. The normalized spacial score (nSPS) is 12.6. The van der Waals surface area contributed by atoms with Gasteiger partial charge >= 0.3 is 0 Å². The summed E-state index contributed by atoms with van der Waals surface area (Å²) in [6.07, 6.45) is 4.53. The number of carbonyl (C=O) groups excluding carboxylic acids is 1. The summed E-state index contributed by atoms with van der Waals surface area (Å²) >= 11 is 3.70. The van der Waals surface area contributed by atoms with Gasteiger partial charge < -0.3 is 4.72 Å². The molecular weight excluding hydrogens is 158 g/mol. The smallest absolute Gasteiger partial charge is 0.232 e. The monoisotopic (exact) mass is 175 g/mol. The maximum atomic E-state index is 10.9. The third-order valence-electron chi connectivity index (χ3n) is 1.80. The maximum Gasteiger partial charge on any atom is 0.232 e. The Kier molecular flexibility index (Phi) is 6.42. The van der Waals surface area contributed by atoms with Crippen LogP contribution in [0.25, 0.3) is 0 Å². The van der Waals surface area contributed by atoms with Crippen molar-refractivity contribution in [3.63, 3.8) is 0 Å². The first-order valence-electron chi connectivity index (χ1n) is 4.16. The van der Waals surface area contributed by atoms with E-state index in [4.69, 9.17) is 0 Å². The second-order valence-electron chi connectivity index (χ2n) is 2.87. The lowest BCUT2D eigenvalue weighted by molar-refractivity contribution is -0.122. The van der Waals surface area contributed by atoms with E-state index in [1.807, 2.05) is 6.92 Å². The van der Waals surface area contributed by atoms with Crippen molar-refractivity contribution in [3.8, 4) is 0 Å². The molecule has 66 valence electrons. The number of rotatable bonds is 5. The van der Waals surface area contributed by atoms with Crippen molar-refractivity contribution in [2.45, 2.75) is 39.5 Å². The van der Waals surface area contributed by atoms with Crippen LogP contribution < -0.4 is 4.72 Å². The quantitative estimate of drug-likeness (QED) is 0.486. The Bertz CT molecular complexity index is 117. The molecule has 0 aliphatic rings. The SMILES string of the molecule is CCCCCC(C)C(=O)NS. The van der Waals surface area contributed by atoms with Crippen molar-refractivity contribution >= 4 is 18.7 Å². The summed E-state index contributed by atoms with van der Waals surface area (Å²) in [5.41, 5.74) is 0. The van der Waals surface area contributed by atoms with Crippen LogP contribution in [-0.4, -0.2) is 5.91 Å². The molecule has 0 heterocycles. The van der Waals surface area contributed by atoms with Gasteiger partial charge in [-0.25, -0.2) is 0 Å². The molecule has 0 aromatic carbocycles. The van der Waals surface area contributed by atoms with Gasteiger partial charge in [-0.05, 0) is 6.42 Å². The Hall–Kier alpha value is -0.180. The average molecular weight is 175 g/mol. The van der Waals surface area contributed by atoms with Crippen LogP contribution in [0.4, 0.5) is 0 Å². The van der Waals surface area contributed by atoms with Gasteiger partial charge in [0.15, 0.2) is 0 Å². The molecule has 0 radical (unpaired) electrons. The number of hydrogen-bond donors (Lipinski definition) is 2. The van der Waals surface area contributed by atoms with Crippen LogP contribution in [0.15, 0.2) is 0 Å². The van der Waals surface area contributed by atoms with Gasteiger partial charge in [-0.3, -0.25) is 4.79 Å². The molecule has 0 fully saturated rings. The van der Waals surface area contributed by atoms with Crippen LogP contribution in [0.1, 0.15) is 39.5 Å². The largest absolute Gasteiger partial charge is 0.303 e. The summed E-state index contributed by atoms with van der Waals surface area (Å²) in [6, 6.07) is 0. The van der Waals surface area contributed by atoms with Crippen LogP contribution in [-0.2, 0) is 4.79 Å². The summed E-state index contributed by atoms with van der Waals surface area (Å²) in [5.74, 6) is 0.142. The summed E-state index contributed by atoms with van der Waals surface area (Å²) in [7, 11) is 0. The molecule has 0 saturated carbocycles. The molecule has 11 heavy (non-hydrogen) atoms. The zero-order chi connectivity index (χ0) is 8.69. The zero-order valence-corrected chi connectivity index (χ0v) is 8.16. The highest BCUT2D eigenvalue weighted by molar-refractivity contribution is 7.78. The van der Waals surface area contributed by atoms with E-state index < -0.39 is 0 Å². The van der Waals surface area contributed by atoms with Gasteiger partial charge in [-0.2, -0.15) is 0 Å². The van der Waals surface area contributed by atoms with Gasteiger partial charge in [-0.15, -0.1) is 0 Å². The molecule has 1 atom stereocenters. The standard InChI is InChI=1S/C8H17NOS/c1-3-4-5-6-7(2)8(10)9-11/h7,11H,3-6H2,1-2H3,(H,9,10). The Labute approximate surface area is 74.3 Å². The van der Waals surface area contributed by atoms with Gasteiger partial charge in [0.25, 0.3) is 0 Å². The van der Waals surface area contributed by atoms with E-state index in [9.17, 15) is 4.79 Å². The molecule has 0 spiro atoms. The summed E-state index contributed by atoms with van der Waals surface area (Å²) in [6.45, 7) is 4.09. The minimum Gasteiger partial charge on any atom is -0.303 e. The van der Waals surface area contributed by atoms with E-state index in [0.29, 0.717) is 0 Å². The predicted octanol–water partition coefficient (Wildman–Crippen LogP) is 2.16. The lowest BCUT2D eigenvalue weighted by Crippen LogP contribution is -2.21. The first kappa shape index (κ1) is 10.8. The minimum absolute atomic E-state index is 0.0319. The zero-order valence-electron chi connectivity index (χ0n) is 7.26. The molecule has 1 unspecified atom stereocenters. The van der Waals surface area contributed by atoms with Crippen molar-refractivity contribution < 1.29 is 4.79 Å². The number of hydrogen-bond acceptors (Lipinski definition) is 2. The molecule has 0 aliphatic heterocycles. The van der Waals surface area contributed by atoms with Crippen molar-refractivity contribution in [2.75, 3.05) is 0 Å². The molecule has 0 aromatic heterocycles. The van der Waals surface area contributed by atoms with E-state index in [2.05, 4.69) is 24.5 Å². The topological polar surface area (TPSA) is 29.1 Å². The predicted molar refractivity (Wildman–Crippen MR) is 50.4 cm³/mol. The Balaban J connectivity index is 3.36. The Morgan fingerprint density at radius 3 is 2.64 bits per heavy atom. The van der Waals surface area contributed by atoms with E-state index in [1.165, 1.54) is 12.8 Å². The van der Waals surface area contributed by atoms with E-state index in [1.54, 1.807) is 0 Å². The summed E-state index contributed by atoms with van der Waals surface area (Å²) in [4.78, 5) is 10.9. The van der Waals surface area contributed by atoms with Crippen molar-refractivity contribution in [1.82, 2.24) is 4.72 Å². The third-order valence-corrected chi connectivity index (χ3v) is 2.02. The number of carbonyl (C=O) groups is 1. The summed E-state index contributed by atoms with van der Waals surface area (Å²) in [5, 5.41) is 0. The highest BCUT2D eigenvalue weighted by Gasteiger charge is 2.09. The van der Waals surface area contributed by atoms with Crippen LogP contribution in [0.3, 0.4) is 0 Å². The first-order chi connectivity index (χ1) is 5.22. The summed E-state index contributed by atoms with van der Waals surface area (Å²) < 4.78 is 2.35. The van der Waals surface area contributed by atoms with Crippen molar-refractivity contribution in [3.05, 3.63) is 0 Å². The molecule has 0 rings (SSSR count). The van der Waals surface area contributed by atoms with Gasteiger partial charge in [-0.1, -0.05) is 45.9 Å². The van der Waals surface area contributed by atoms with Gasteiger partial charge in [0, 0.05) is 5.92 Å².